The molecule has 8 heteroatoms. The number of hydrogen-bond donors (Lipinski definition) is 1. The van der Waals surface area contributed by atoms with Crippen molar-refractivity contribution in [2.24, 2.45) is 0 Å². The average Bonchev–Trinajstić information content (AvgIpc) is 3.07. The SMILES string of the molecule is O=S(=O)(N[C@H]1CCCN(c2nc3ccccc3s2)C1)c1cccnc1. The first-order chi connectivity index (χ1) is 12.1. The number of sulfonamides is 1. The molecule has 3 heterocycles. The van der Waals surface area contributed by atoms with Crippen molar-refractivity contribution in [3.8, 4) is 0 Å². The minimum absolute atomic E-state index is 0.133. The van der Waals surface area contributed by atoms with Gasteiger partial charge in [0.15, 0.2) is 5.13 Å². The van der Waals surface area contributed by atoms with E-state index in [4.69, 9.17) is 0 Å². The highest BCUT2D eigenvalue weighted by Crippen LogP contribution is 2.30. The Kier molecular flexibility index (Phi) is 4.41. The lowest BCUT2D eigenvalue weighted by molar-refractivity contribution is 0.465. The predicted molar refractivity (Wildman–Crippen MR) is 99.4 cm³/mol. The van der Waals surface area contributed by atoms with Crippen LogP contribution in [0.15, 0.2) is 53.7 Å². The summed E-state index contributed by atoms with van der Waals surface area (Å²) in [5, 5.41) is 0.950. The molecule has 1 aromatic carbocycles. The van der Waals surface area contributed by atoms with E-state index in [9.17, 15) is 8.42 Å². The van der Waals surface area contributed by atoms with Gasteiger partial charge in [-0.1, -0.05) is 23.5 Å². The number of hydrogen-bond acceptors (Lipinski definition) is 6. The normalized spacial score (nSPS) is 18.6. The van der Waals surface area contributed by atoms with Crippen molar-refractivity contribution in [3.63, 3.8) is 0 Å². The standard InChI is InChI=1S/C17H18N4O2S2/c22-25(23,14-6-3-9-18-11-14)20-13-5-4-10-21(12-13)17-19-15-7-1-2-8-16(15)24-17/h1-3,6-9,11,13,20H,4-5,10,12H2/t13-/m0/s1. The third-order valence-electron chi connectivity index (χ3n) is 4.24. The topological polar surface area (TPSA) is 75.2 Å². The predicted octanol–water partition coefficient (Wildman–Crippen LogP) is 2.64. The Morgan fingerprint density at radius 2 is 2.08 bits per heavy atom. The van der Waals surface area contributed by atoms with Crippen LogP contribution >= 0.6 is 11.3 Å². The highest BCUT2D eigenvalue weighted by Gasteiger charge is 2.26. The van der Waals surface area contributed by atoms with Crippen LogP contribution in [0.4, 0.5) is 5.13 Å². The molecule has 1 saturated heterocycles. The zero-order valence-electron chi connectivity index (χ0n) is 13.5. The molecule has 0 bridgehead atoms. The van der Waals surface area contributed by atoms with Crippen molar-refractivity contribution < 1.29 is 8.42 Å². The molecule has 0 aliphatic carbocycles. The summed E-state index contributed by atoms with van der Waals surface area (Å²) in [6, 6.07) is 11.1. The van der Waals surface area contributed by atoms with Gasteiger partial charge < -0.3 is 4.90 Å². The number of piperidine rings is 1. The second-order valence-electron chi connectivity index (χ2n) is 6.06. The van der Waals surface area contributed by atoms with Crippen molar-refractivity contribution in [1.82, 2.24) is 14.7 Å². The van der Waals surface area contributed by atoms with Gasteiger partial charge in [-0.2, -0.15) is 0 Å². The van der Waals surface area contributed by atoms with Gasteiger partial charge in [-0.25, -0.2) is 18.1 Å². The molecule has 1 aliphatic heterocycles. The van der Waals surface area contributed by atoms with E-state index in [1.54, 1.807) is 29.7 Å². The first kappa shape index (κ1) is 16.4. The van der Waals surface area contributed by atoms with E-state index in [0.717, 1.165) is 34.7 Å². The van der Waals surface area contributed by atoms with Crippen LogP contribution in [0.3, 0.4) is 0 Å². The Hall–Kier alpha value is -2.03. The Labute approximate surface area is 150 Å². The van der Waals surface area contributed by atoms with E-state index in [0.29, 0.717) is 6.54 Å². The average molecular weight is 374 g/mol. The van der Waals surface area contributed by atoms with Crippen LogP contribution in [0.2, 0.25) is 0 Å². The molecule has 6 nitrogen and oxygen atoms in total. The number of benzene rings is 1. The molecule has 0 radical (unpaired) electrons. The van der Waals surface area contributed by atoms with Crippen LogP contribution in [-0.2, 0) is 10.0 Å². The molecule has 1 atom stereocenters. The summed E-state index contributed by atoms with van der Waals surface area (Å²) in [7, 11) is -3.55. The zero-order valence-corrected chi connectivity index (χ0v) is 15.1. The van der Waals surface area contributed by atoms with E-state index in [2.05, 4.69) is 25.7 Å². The number of pyridine rings is 1. The molecular formula is C17H18N4O2S2. The number of fused-ring (bicyclic) bond motifs is 1. The Balaban J connectivity index is 1.51. The minimum Gasteiger partial charge on any atom is -0.346 e. The summed E-state index contributed by atoms with van der Waals surface area (Å²) in [5.74, 6) is 0. The van der Waals surface area contributed by atoms with Crippen LogP contribution in [0.25, 0.3) is 10.2 Å². The van der Waals surface area contributed by atoms with Crippen molar-refractivity contribution in [2.45, 2.75) is 23.8 Å². The molecule has 1 N–H and O–H groups in total. The molecule has 0 spiro atoms. The van der Waals surface area contributed by atoms with Gasteiger partial charge in [0, 0.05) is 31.5 Å². The van der Waals surface area contributed by atoms with Gasteiger partial charge >= 0.3 is 0 Å². The monoisotopic (exact) mass is 374 g/mol. The number of nitrogens with zero attached hydrogens (tertiary/aromatic N) is 3. The largest absolute Gasteiger partial charge is 0.346 e. The zero-order chi connectivity index (χ0) is 17.3. The van der Waals surface area contributed by atoms with Gasteiger partial charge in [0.05, 0.1) is 10.2 Å². The summed E-state index contributed by atoms with van der Waals surface area (Å²) >= 11 is 1.65. The molecule has 25 heavy (non-hydrogen) atoms. The van der Waals surface area contributed by atoms with Gasteiger partial charge in [0.2, 0.25) is 10.0 Å². The summed E-state index contributed by atoms with van der Waals surface area (Å²) in [6.07, 6.45) is 4.68. The Bertz CT molecular complexity index is 939. The third kappa shape index (κ3) is 3.51. The molecule has 3 aromatic rings. The highest BCUT2D eigenvalue weighted by atomic mass is 32.2. The molecule has 4 rings (SSSR count). The summed E-state index contributed by atoms with van der Waals surface area (Å²) < 4.78 is 29.0. The van der Waals surface area contributed by atoms with Crippen molar-refractivity contribution in [2.75, 3.05) is 18.0 Å². The van der Waals surface area contributed by atoms with Gasteiger partial charge in [-0.15, -0.1) is 0 Å². The minimum atomic E-state index is -3.55. The van der Waals surface area contributed by atoms with E-state index in [1.165, 1.54) is 6.20 Å². The maximum absolute atomic E-state index is 12.5. The number of anilines is 1. The van der Waals surface area contributed by atoms with Gasteiger partial charge in [-0.05, 0) is 37.1 Å². The first-order valence-electron chi connectivity index (χ1n) is 8.15. The summed E-state index contributed by atoms with van der Waals surface area (Å²) in [6.45, 7) is 1.52. The van der Waals surface area contributed by atoms with Gasteiger partial charge in [0.1, 0.15) is 4.90 Å². The molecule has 0 saturated carbocycles. The summed E-state index contributed by atoms with van der Waals surface area (Å²) in [4.78, 5) is 10.9. The fourth-order valence-corrected chi connectivity index (χ4v) is 5.26. The molecule has 1 aliphatic rings. The van der Waals surface area contributed by atoms with Crippen LogP contribution in [0.1, 0.15) is 12.8 Å². The lowest BCUT2D eigenvalue weighted by Crippen LogP contribution is -2.47. The summed E-state index contributed by atoms with van der Waals surface area (Å²) in [5.41, 5.74) is 0.987. The second kappa shape index (κ2) is 6.70. The van der Waals surface area contributed by atoms with E-state index < -0.39 is 10.0 Å². The first-order valence-corrected chi connectivity index (χ1v) is 10.4. The number of aromatic nitrogens is 2. The van der Waals surface area contributed by atoms with Crippen LogP contribution in [0, 0.1) is 0 Å². The molecule has 0 unspecified atom stereocenters. The molecular weight excluding hydrogens is 356 g/mol. The second-order valence-corrected chi connectivity index (χ2v) is 8.78. The highest BCUT2D eigenvalue weighted by molar-refractivity contribution is 7.89. The number of para-hydroxylation sites is 1. The van der Waals surface area contributed by atoms with Crippen molar-refractivity contribution >= 4 is 36.7 Å². The molecule has 130 valence electrons. The number of rotatable bonds is 4. The smallest absolute Gasteiger partial charge is 0.242 e. The number of thiazole rings is 1. The Morgan fingerprint density at radius 3 is 2.88 bits per heavy atom. The maximum atomic E-state index is 12.5. The van der Waals surface area contributed by atoms with Crippen LogP contribution in [0.5, 0.6) is 0 Å². The van der Waals surface area contributed by atoms with Crippen molar-refractivity contribution in [1.29, 1.82) is 0 Å². The quantitative estimate of drug-likeness (QED) is 0.760. The van der Waals surface area contributed by atoms with Crippen LogP contribution in [-0.4, -0.2) is 37.5 Å². The fourth-order valence-electron chi connectivity index (χ4n) is 3.04. The van der Waals surface area contributed by atoms with E-state index >= 15 is 0 Å². The Morgan fingerprint density at radius 1 is 1.20 bits per heavy atom. The third-order valence-corrected chi connectivity index (χ3v) is 6.84. The molecule has 2 aromatic heterocycles. The van der Waals surface area contributed by atoms with E-state index in [1.807, 2.05) is 18.2 Å². The van der Waals surface area contributed by atoms with Crippen molar-refractivity contribution in [3.05, 3.63) is 48.8 Å². The number of nitrogens with one attached hydrogen (secondary N) is 1. The van der Waals surface area contributed by atoms with E-state index in [-0.39, 0.29) is 10.9 Å². The van der Waals surface area contributed by atoms with Gasteiger partial charge in [0.25, 0.3) is 0 Å². The van der Waals surface area contributed by atoms with Crippen LogP contribution < -0.4 is 9.62 Å². The lowest BCUT2D eigenvalue weighted by Gasteiger charge is -2.32. The molecule has 0 amide bonds. The fraction of sp³-hybridized carbons (Fsp3) is 0.294. The lowest BCUT2D eigenvalue weighted by atomic mass is 10.1. The van der Waals surface area contributed by atoms with Gasteiger partial charge in [-0.3, -0.25) is 4.98 Å². The molecule has 1 fully saturated rings. The maximum Gasteiger partial charge on any atom is 0.242 e.